The maximum Gasteiger partial charge on any atom is 0.241 e. The third-order valence-corrected chi connectivity index (χ3v) is 4.53. The second kappa shape index (κ2) is 10.2. The Morgan fingerprint density at radius 3 is 2.52 bits per heavy atom. The molecule has 0 spiro atoms. The van der Waals surface area contributed by atoms with E-state index in [1.165, 1.54) is 12.1 Å². The van der Waals surface area contributed by atoms with Crippen molar-refractivity contribution in [2.24, 2.45) is 5.73 Å². The summed E-state index contributed by atoms with van der Waals surface area (Å²) >= 11 is 0. The lowest BCUT2D eigenvalue weighted by molar-refractivity contribution is -0.117. The summed E-state index contributed by atoms with van der Waals surface area (Å²) in [5, 5.41) is 2.64. The molecule has 0 fully saturated rings. The molecule has 1 amide bonds. The van der Waals surface area contributed by atoms with Gasteiger partial charge in [0.15, 0.2) is 0 Å². The average molecular weight is 417 g/mol. The third kappa shape index (κ3) is 8.38. The zero-order valence-electron chi connectivity index (χ0n) is 14.7. The SMILES string of the molecule is CS(=O)(=O)CCC(N)C(=O)Nc1cccc(OCc2ccc(F)cc2)c1.Cl. The lowest BCUT2D eigenvalue weighted by Gasteiger charge is -2.13. The van der Waals surface area contributed by atoms with Gasteiger partial charge in [-0.15, -0.1) is 12.4 Å². The van der Waals surface area contributed by atoms with E-state index in [2.05, 4.69) is 5.32 Å². The van der Waals surface area contributed by atoms with E-state index in [1.807, 2.05) is 0 Å². The van der Waals surface area contributed by atoms with Gasteiger partial charge in [0.25, 0.3) is 0 Å². The van der Waals surface area contributed by atoms with Crippen LogP contribution in [0.15, 0.2) is 48.5 Å². The number of amides is 1. The summed E-state index contributed by atoms with van der Waals surface area (Å²) in [6.07, 6.45) is 1.14. The van der Waals surface area contributed by atoms with Crippen LogP contribution in [0.4, 0.5) is 10.1 Å². The predicted octanol–water partition coefficient (Wildman–Crippen LogP) is 2.53. The van der Waals surface area contributed by atoms with E-state index in [1.54, 1.807) is 36.4 Å². The summed E-state index contributed by atoms with van der Waals surface area (Å²) < 4.78 is 40.8. The van der Waals surface area contributed by atoms with Gasteiger partial charge in [0, 0.05) is 18.0 Å². The Labute approximate surface area is 164 Å². The van der Waals surface area contributed by atoms with E-state index in [4.69, 9.17) is 10.5 Å². The molecular weight excluding hydrogens is 395 g/mol. The second-order valence-corrected chi connectivity index (χ2v) is 8.22. The number of sulfone groups is 1. The van der Waals surface area contributed by atoms with Crippen molar-refractivity contribution in [1.29, 1.82) is 0 Å². The number of carbonyl (C=O) groups is 1. The summed E-state index contributed by atoms with van der Waals surface area (Å²) in [5.41, 5.74) is 7.02. The normalized spacial score (nSPS) is 12.0. The molecule has 27 heavy (non-hydrogen) atoms. The molecule has 2 aromatic rings. The van der Waals surface area contributed by atoms with Gasteiger partial charge in [0.1, 0.15) is 28.0 Å². The standard InChI is InChI=1S/C18H21FN2O4S.ClH/c1-26(23,24)10-9-17(20)18(22)21-15-3-2-4-16(11-15)25-12-13-5-7-14(19)8-6-13;/h2-8,11,17H,9-10,12,20H2,1H3,(H,21,22);1H. The molecule has 0 radical (unpaired) electrons. The largest absolute Gasteiger partial charge is 0.489 e. The molecule has 1 unspecified atom stereocenters. The van der Waals surface area contributed by atoms with Crippen LogP contribution in [0.2, 0.25) is 0 Å². The Balaban J connectivity index is 0.00000364. The van der Waals surface area contributed by atoms with Crippen molar-refractivity contribution in [2.75, 3.05) is 17.3 Å². The molecule has 6 nitrogen and oxygen atoms in total. The fourth-order valence-electron chi connectivity index (χ4n) is 2.12. The quantitative estimate of drug-likeness (QED) is 0.689. The Hall–Kier alpha value is -2.16. The molecule has 3 N–H and O–H groups in total. The number of hydrogen-bond donors (Lipinski definition) is 2. The predicted molar refractivity (Wildman–Crippen MR) is 105 cm³/mol. The van der Waals surface area contributed by atoms with E-state index < -0.39 is 21.8 Å². The van der Waals surface area contributed by atoms with Crippen LogP contribution in [0.25, 0.3) is 0 Å². The number of ether oxygens (including phenoxy) is 1. The van der Waals surface area contributed by atoms with Gasteiger partial charge in [0.2, 0.25) is 5.91 Å². The van der Waals surface area contributed by atoms with Gasteiger partial charge >= 0.3 is 0 Å². The minimum Gasteiger partial charge on any atom is -0.489 e. The van der Waals surface area contributed by atoms with Crippen molar-refractivity contribution in [3.8, 4) is 5.75 Å². The number of nitrogens with one attached hydrogen (secondary N) is 1. The van der Waals surface area contributed by atoms with E-state index in [0.717, 1.165) is 11.8 Å². The molecule has 2 aromatic carbocycles. The zero-order valence-corrected chi connectivity index (χ0v) is 16.4. The third-order valence-electron chi connectivity index (χ3n) is 3.56. The van der Waals surface area contributed by atoms with Gasteiger partial charge in [0.05, 0.1) is 11.8 Å². The molecule has 2 rings (SSSR count). The van der Waals surface area contributed by atoms with Gasteiger partial charge < -0.3 is 15.8 Å². The smallest absolute Gasteiger partial charge is 0.241 e. The summed E-state index contributed by atoms with van der Waals surface area (Å²) in [6.45, 7) is 0.256. The number of nitrogens with two attached hydrogens (primary N) is 1. The Kier molecular flexibility index (Phi) is 8.68. The zero-order chi connectivity index (χ0) is 19.2. The molecule has 1 atom stereocenters. The van der Waals surface area contributed by atoms with Crippen LogP contribution in [0.5, 0.6) is 5.75 Å². The monoisotopic (exact) mass is 416 g/mol. The van der Waals surface area contributed by atoms with Crippen molar-refractivity contribution in [1.82, 2.24) is 0 Å². The highest BCUT2D eigenvalue weighted by molar-refractivity contribution is 7.90. The van der Waals surface area contributed by atoms with Crippen LogP contribution in [-0.2, 0) is 21.2 Å². The fourth-order valence-corrected chi connectivity index (χ4v) is 2.80. The first-order valence-corrected chi connectivity index (χ1v) is 10.0. The van der Waals surface area contributed by atoms with Gasteiger partial charge in [-0.05, 0) is 36.2 Å². The van der Waals surface area contributed by atoms with Crippen LogP contribution in [0, 0.1) is 5.82 Å². The molecule has 0 heterocycles. The first kappa shape index (κ1) is 22.9. The molecule has 0 saturated carbocycles. The number of halogens is 2. The minimum atomic E-state index is -3.17. The average Bonchev–Trinajstić information content (AvgIpc) is 2.59. The van der Waals surface area contributed by atoms with Crippen LogP contribution >= 0.6 is 12.4 Å². The van der Waals surface area contributed by atoms with Crippen LogP contribution in [0.1, 0.15) is 12.0 Å². The minimum absolute atomic E-state index is 0. The van der Waals surface area contributed by atoms with Crippen molar-refractivity contribution in [2.45, 2.75) is 19.1 Å². The molecule has 0 saturated heterocycles. The van der Waals surface area contributed by atoms with Crippen molar-refractivity contribution in [3.05, 3.63) is 59.9 Å². The topological polar surface area (TPSA) is 98.5 Å². The Morgan fingerprint density at radius 2 is 1.89 bits per heavy atom. The molecule has 0 aliphatic carbocycles. The first-order valence-electron chi connectivity index (χ1n) is 7.94. The van der Waals surface area contributed by atoms with Crippen LogP contribution in [-0.4, -0.2) is 32.4 Å². The van der Waals surface area contributed by atoms with E-state index in [0.29, 0.717) is 11.4 Å². The molecule has 0 bridgehead atoms. The molecule has 9 heteroatoms. The summed E-state index contributed by atoms with van der Waals surface area (Å²) in [4.78, 5) is 12.0. The number of hydrogen-bond acceptors (Lipinski definition) is 5. The molecule has 0 aliphatic rings. The fraction of sp³-hybridized carbons (Fsp3) is 0.278. The molecular formula is C18H22ClFN2O4S. The van der Waals surface area contributed by atoms with Gasteiger partial charge in [-0.25, -0.2) is 12.8 Å². The summed E-state index contributed by atoms with van der Waals surface area (Å²) in [5.74, 6) is -0.408. The highest BCUT2D eigenvalue weighted by Gasteiger charge is 2.16. The number of benzene rings is 2. The van der Waals surface area contributed by atoms with Crippen molar-refractivity contribution < 1.29 is 22.3 Å². The summed E-state index contributed by atoms with van der Waals surface area (Å²) in [6, 6.07) is 11.8. The van der Waals surface area contributed by atoms with Gasteiger partial charge in [-0.3, -0.25) is 4.79 Å². The maximum atomic E-state index is 12.9. The molecule has 148 valence electrons. The highest BCUT2D eigenvalue weighted by atomic mass is 35.5. The molecule has 0 aromatic heterocycles. The lowest BCUT2D eigenvalue weighted by Crippen LogP contribution is -2.37. The van der Waals surface area contributed by atoms with E-state index in [9.17, 15) is 17.6 Å². The van der Waals surface area contributed by atoms with E-state index >= 15 is 0 Å². The lowest BCUT2D eigenvalue weighted by atomic mass is 10.2. The van der Waals surface area contributed by atoms with Crippen molar-refractivity contribution in [3.63, 3.8) is 0 Å². The second-order valence-electron chi connectivity index (χ2n) is 5.96. The summed E-state index contributed by atoms with van der Waals surface area (Å²) in [7, 11) is -3.17. The molecule has 0 aliphatic heterocycles. The number of carbonyl (C=O) groups excluding carboxylic acids is 1. The van der Waals surface area contributed by atoms with Gasteiger partial charge in [-0.1, -0.05) is 18.2 Å². The van der Waals surface area contributed by atoms with Gasteiger partial charge in [-0.2, -0.15) is 0 Å². The van der Waals surface area contributed by atoms with E-state index in [-0.39, 0.29) is 37.0 Å². The number of anilines is 1. The highest BCUT2D eigenvalue weighted by Crippen LogP contribution is 2.19. The van der Waals surface area contributed by atoms with Crippen LogP contribution < -0.4 is 15.8 Å². The Bertz CT molecular complexity index is 860. The number of rotatable bonds is 8. The first-order chi connectivity index (χ1) is 12.2. The van der Waals surface area contributed by atoms with Crippen molar-refractivity contribution >= 4 is 33.8 Å². The maximum absolute atomic E-state index is 12.9. The Morgan fingerprint density at radius 1 is 1.22 bits per heavy atom. The van der Waals surface area contributed by atoms with Crippen LogP contribution in [0.3, 0.4) is 0 Å².